The summed E-state index contributed by atoms with van der Waals surface area (Å²) in [5.41, 5.74) is 1.96. The molecular weight excluding hydrogens is 528 g/mol. The summed E-state index contributed by atoms with van der Waals surface area (Å²) in [7, 11) is 0. The number of hydrogen-bond acceptors (Lipinski definition) is 6. The summed E-state index contributed by atoms with van der Waals surface area (Å²) >= 11 is 0. The Morgan fingerprint density at radius 3 is 2.10 bits per heavy atom. The SMILES string of the molecule is CC(C(=O)N[C@H](C=O)CC(=O)O)N1CCN(C(=O)CCc2ccccc2)C[C@H](NC(=O)CCc2ccccc2)C1=O. The number of nitrogens with one attached hydrogen (secondary N) is 2. The van der Waals surface area contributed by atoms with E-state index in [0.717, 1.165) is 11.1 Å². The van der Waals surface area contributed by atoms with Gasteiger partial charge in [0.2, 0.25) is 23.6 Å². The number of rotatable bonds is 13. The molecule has 3 rings (SSSR count). The number of benzene rings is 2. The molecule has 0 aliphatic carbocycles. The van der Waals surface area contributed by atoms with Crippen molar-refractivity contribution in [3.8, 4) is 0 Å². The second kappa shape index (κ2) is 15.3. The fourth-order valence-electron chi connectivity index (χ4n) is 4.64. The van der Waals surface area contributed by atoms with Crippen LogP contribution in [-0.4, -0.2) is 88.6 Å². The first-order valence-corrected chi connectivity index (χ1v) is 13.6. The molecule has 1 aliphatic rings. The first kappa shape index (κ1) is 31.0. The number of aryl methyl sites for hydroxylation is 2. The van der Waals surface area contributed by atoms with E-state index in [1.807, 2.05) is 60.7 Å². The first-order chi connectivity index (χ1) is 19.7. The molecule has 1 fully saturated rings. The van der Waals surface area contributed by atoms with Crippen molar-refractivity contribution in [1.29, 1.82) is 0 Å². The number of carboxylic acid groups (broad SMARTS) is 1. The van der Waals surface area contributed by atoms with Crippen molar-refractivity contribution in [2.75, 3.05) is 19.6 Å². The maximum atomic E-state index is 13.6. The van der Waals surface area contributed by atoms with Crippen molar-refractivity contribution in [2.45, 2.75) is 57.2 Å². The monoisotopic (exact) mass is 564 g/mol. The highest BCUT2D eigenvalue weighted by Gasteiger charge is 2.37. The van der Waals surface area contributed by atoms with Crippen molar-refractivity contribution in [1.82, 2.24) is 20.4 Å². The average Bonchev–Trinajstić information content (AvgIpc) is 3.13. The van der Waals surface area contributed by atoms with Gasteiger partial charge in [-0.05, 0) is 30.9 Å². The van der Waals surface area contributed by atoms with Crippen LogP contribution in [0, 0.1) is 0 Å². The van der Waals surface area contributed by atoms with Crippen molar-refractivity contribution in [3.05, 3.63) is 71.8 Å². The van der Waals surface area contributed by atoms with E-state index >= 15 is 0 Å². The van der Waals surface area contributed by atoms with Crippen LogP contribution in [0.2, 0.25) is 0 Å². The first-order valence-electron chi connectivity index (χ1n) is 13.6. The Labute approximate surface area is 238 Å². The molecule has 0 bridgehead atoms. The molecule has 0 saturated carbocycles. The summed E-state index contributed by atoms with van der Waals surface area (Å²) in [6.07, 6.45) is 1.04. The van der Waals surface area contributed by atoms with E-state index in [1.165, 1.54) is 16.7 Å². The lowest BCUT2D eigenvalue weighted by molar-refractivity contribution is -0.143. The van der Waals surface area contributed by atoms with Gasteiger partial charge in [0.15, 0.2) is 0 Å². The summed E-state index contributed by atoms with van der Waals surface area (Å²) in [4.78, 5) is 77.6. The van der Waals surface area contributed by atoms with Gasteiger partial charge < -0.3 is 30.3 Å². The highest BCUT2D eigenvalue weighted by Crippen LogP contribution is 2.14. The summed E-state index contributed by atoms with van der Waals surface area (Å²) in [5, 5.41) is 14.1. The van der Waals surface area contributed by atoms with Crippen LogP contribution < -0.4 is 10.6 Å². The largest absolute Gasteiger partial charge is 0.481 e. The number of nitrogens with zero attached hydrogens (tertiary/aromatic N) is 2. The highest BCUT2D eigenvalue weighted by molar-refractivity contribution is 5.94. The Hall–Kier alpha value is -4.54. The molecule has 4 amide bonds. The Morgan fingerprint density at radius 1 is 0.951 bits per heavy atom. The Morgan fingerprint density at radius 2 is 1.54 bits per heavy atom. The van der Waals surface area contributed by atoms with Gasteiger partial charge in [-0.3, -0.25) is 24.0 Å². The fraction of sp³-hybridized carbons (Fsp3) is 0.400. The zero-order valence-electron chi connectivity index (χ0n) is 23.0. The van der Waals surface area contributed by atoms with Gasteiger partial charge in [0.25, 0.3) is 0 Å². The minimum absolute atomic E-state index is 0.0194. The molecule has 1 aliphatic heterocycles. The molecule has 1 unspecified atom stereocenters. The van der Waals surface area contributed by atoms with Gasteiger partial charge in [-0.25, -0.2) is 0 Å². The Balaban J connectivity index is 1.73. The van der Waals surface area contributed by atoms with Crippen LogP contribution in [0.15, 0.2) is 60.7 Å². The zero-order valence-corrected chi connectivity index (χ0v) is 23.0. The fourth-order valence-corrected chi connectivity index (χ4v) is 4.64. The van der Waals surface area contributed by atoms with Gasteiger partial charge in [0, 0.05) is 32.5 Å². The molecule has 3 N–H and O–H groups in total. The van der Waals surface area contributed by atoms with E-state index in [-0.39, 0.29) is 44.3 Å². The highest BCUT2D eigenvalue weighted by atomic mass is 16.4. The molecule has 2 aromatic rings. The molecule has 2 aromatic carbocycles. The quantitative estimate of drug-likeness (QED) is 0.306. The third-order valence-electron chi connectivity index (χ3n) is 6.97. The molecule has 11 nitrogen and oxygen atoms in total. The predicted molar refractivity (Wildman–Crippen MR) is 149 cm³/mol. The minimum atomic E-state index is -1.26. The van der Waals surface area contributed by atoms with Crippen molar-refractivity contribution < 1.29 is 33.9 Å². The van der Waals surface area contributed by atoms with Crippen LogP contribution in [0.4, 0.5) is 0 Å². The van der Waals surface area contributed by atoms with E-state index in [1.54, 1.807) is 0 Å². The minimum Gasteiger partial charge on any atom is -0.481 e. The smallest absolute Gasteiger partial charge is 0.305 e. The van der Waals surface area contributed by atoms with E-state index in [0.29, 0.717) is 19.1 Å². The second-order valence-corrected chi connectivity index (χ2v) is 9.99. The lowest BCUT2D eigenvalue weighted by Crippen LogP contribution is -2.56. The van der Waals surface area contributed by atoms with Crippen LogP contribution in [0.1, 0.15) is 37.3 Å². The van der Waals surface area contributed by atoms with Crippen molar-refractivity contribution in [2.24, 2.45) is 0 Å². The molecule has 1 heterocycles. The van der Waals surface area contributed by atoms with Gasteiger partial charge in [-0.15, -0.1) is 0 Å². The summed E-state index contributed by atoms with van der Waals surface area (Å²) in [6.45, 7) is 1.56. The van der Waals surface area contributed by atoms with Crippen LogP contribution in [-0.2, 0) is 41.6 Å². The van der Waals surface area contributed by atoms with Gasteiger partial charge >= 0.3 is 5.97 Å². The average molecular weight is 565 g/mol. The molecule has 0 aromatic heterocycles. The van der Waals surface area contributed by atoms with Crippen molar-refractivity contribution in [3.63, 3.8) is 0 Å². The molecule has 41 heavy (non-hydrogen) atoms. The standard InChI is InChI=1S/C30H36N4O7/c1-21(29(40)31-24(20-35)18-28(38)39)34-17-16-33(27(37)15-13-23-10-6-3-7-11-23)19-25(30(34)41)32-26(36)14-12-22-8-4-2-5-9-22/h2-11,20-21,24-25H,12-19H2,1H3,(H,31,40)(H,32,36)(H,38,39)/t21?,24-,25-/m0/s1. The summed E-state index contributed by atoms with van der Waals surface area (Å²) in [5.74, 6) is -3.07. The predicted octanol–water partition coefficient (Wildman–Crippen LogP) is 0.955. The lowest BCUT2D eigenvalue weighted by Gasteiger charge is -2.29. The molecule has 3 atom stereocenters. The Bertz CT molecular complexity index is 1220. The summed E-state index contributed by atoms with van der Waals surface area (Å²) in [6, 6.07) is 15.5. The van der Waals surface area contributed by atoms with Gasteiger partial charge in [0.05, 0.1) is 12.5 Å². The van der Waals surface area contributed by atoms with Gasteiger partial charge in [-0.1, -0.05) is 60.7 Å². The van der Waals surface area contributed by atoms with E-state index in [2.05, 4.69) is 10.6 Å². The number of aldehydes is 1. The number of amides is 4. The molecular formula is C30H36N4O7. The molecule has 0 spiro atoms. The normalized spacial score (nSPS) is 16.7. The molecule has 11 heteroatoms. The molecule has 0 radical (unpaired) electrons. The number of carboxylic acids is 1. The van der Waals surface area contributed by atoms with E-state index < -0.39 is 42.3 Å². The van der Waals surface area contributed by atoms with E-state index in [9.17, 15) is 28.8 Å². The number of aliphatic carboxylic acids is 1. The number of hydrogen-bond donors (Lipinski definition) is 3. The maximum absolute atomic E-state index is 13.6. The van der Waals surface area contributed by atoms with Crippen LogP contribution in [0.5, 0.6) is 0 Å². The van der Waals surface area contributed by atoms with Crippen LogP contribution in [0.3, 0.4) is 0 Å². The third-order valence-corrected chi connectivity index (χ3v) is 6.97. The van der Waals surface area contributed by atoms with Crippen molar-refractivity contribution >= 4 is 35.9 Å². The topological polar surface area (TPSA) is 153 Å². The van der Waals surface area contributed by atoms with E-state index in [4.69, 9.17) is 5.11 Å². The summed E-state index contributed by atoms with van der Waals surface area (Å²) < 4.78 is 0. The molecule has 1 saturated heterocycles. The third kappa shape index (κ3) is 9.55. The molecule has 218 valence electrons. The van der Waals surface area contributed by atoms with Crippen LogP contribution >= 0.6 is 0 Å². The Kier molecular flexibility index (Phi) is 11.6. The van der Waals surface area contributed by atoms with Crippen LogP contribution in [0.25, 0.3) is 0 Å². The number of carbonyl (C=O) groups excluding carboxylic acids is 5. The number of carbonyl (C=O) groups is 6. The van der Waals surface area contributed by atoms with Gasteiger partial charge in [0.1, 0.15) is 18.4 Å². The maximum Gasteiger partial charge on any atom is 0.305 e. The zero-order chi connectivity index (χ0) is 29.8. The van der Waals surface area contributed by atoms with Gasteiger partial charge in [-0.2, -0.15) is 0 Å². The second-order valence-electron chi connectivity index (χ2n) is 9.99. The lowest BCUT2D eigenvalue weighted by atomic mass is 10.1.